The van der Waals surface area contributed by atoms with Crippen LogP contribution < -0.4 is 10.2 Å². The molecule has 0 radical (unpaired) electrons. The number of amides is 1. The number of hydrogen-bond donors (Lipinski definition) is 1. The lowest BCUT2D eigenvalue weighted by Crippen LogP contribution is -2.33. The summed E-state index contributed by atoms with van der Waals surface area (Å²) in [7, 11) is 3.96. The van der Waals surface area contributed by atoms with Gasteiger partial charge in [-0.15, -0.1) is 0 Å². The molecule has 1 heterocycles. The molecule has 0 bridgehead atoms. The fraction of sp³-hybridized carbons (Fsp3) is 0.158. The van der Waals surface area contributed by atoms with Gasteiger partial charge in [0.15, 0.2) is 0 Å². The number of thiocarbonyl (C=S) groups is 1. The van der Waals surface area contributed by atoms with Crippen molar-refractivity contribution in [3.05, 3.63) is 64.8 Å². The second-order valence-corrected chi connectivity index (χ2v) is 7.62. The van der Waals surface area contributed by atoms with Gasteiger partial charge in [-0.25, -0.2) is 4.39 Å². The molecule has 134 valence electrons. The number of benzene rings is 2. The molecule has 1 N–H and O–H groups in total. The Kier molecular flexibility index (Phi) is 5.58. The average Bonchev–Trinajstić information content (AvgIpc) is 2.87. The van der Waals surface area contributed by atoms with Crippen molar-refractivity contribution in [2.45, 2.75) is 0 Å². The van der Waals surface area contributed by atoms with Gasteiger partial charge in [0.1, 0.15) is 10.1 Å². The molecule has 1 fully saturated rings. The monoisotopic (exact) mass is 387 g/mol. The maximum Gasteiger partial charge on any atom is 0.267 e. The molecule has 4 nitrogen and oxygen atoms in total. The van der Waals surface area contributed by atoms with Gasteiger partial charge in [0, 0.05) is 25.5 Å². The zero-order chi connectivity index (χ0) is 18.7. The first-order valence-corrected chi connectivity index (χ1v) is 9.19. The molecular formula is C19H18FN3OS2. The van der Waals surface area contributed by atoms with Crippen molar-refractivity contribution in [2.24, 2.45) is 0 Å². The van der Waals surface area contributed by atoms with Crippen LogP contribution in [0.5, 0.6) is 0 Å². The maximum absolute atomic E-state index is 13.2. The Morgan fingerprint density at radius 2 is 1.96 bits per heavy atom. The Hall–Kier alpha value is -2.38. The normalized spacial score (nSPS) is 15.7. The number of hydrogen-bond acceptors (Lipinski definition) is 5. The predicted octanol–water partition coefficient (Wildman–Crippen LogP) is 4.16. The van der Waals surface area contributed by atoms with Crippen LogP contribution in [-0.4, -0.2) is 35.9 Å². The molecule has 1 aliphatic rings. The molecule has 1 saturated heterocycles. The zero-order valence-corrected chi connectivity index (χ0v) is 16.0. The Morgan fingerprint density at radius 1 is 1.23 bits per heavy atom. The topological polar surface area (TPSA) is 35.6 Å². The summed E-state index contributed by atoms with van der Waals surface area (Å²) in [5.41, 5.74) is 2.63. The Labute approximate surface area is 161 Å². The van der Waals surface area contributed by atoms with E-state index in [0.717, 1.165) is 11.3 Å². The number of thioether (sulfide) groups is 1. The van der Waals surface area contributed by atoms with E-state index in [1.807, 2.05) is 49.3 Å². The molecule has 7 heteroatoms. The SMILES string of the molecule is CN(C)c1ccc(/C=C2/SC(=S)N(CNc3cccc(F)c3)C2=O)cc1. The van der Waals surface area contributed by atoms with Crippen LogP contribution in [0.3, 0.4) is 0 Å². The summed E-state index contributed by atoms with van der Waals surface area (Å²) in [6.07, 6.45) is 1.83. The summed E-state index contributed by atoms with van der Waals surface area (Å²) in [6, 6.07) is 14.0. The Morgan fingerprint density at radius 3 is 2.62 bits per heavy atom. The molecule has 0 aromatic heterocycles. The first kappa shape index (κ1) is 18.4. The third kappa shape index (κ3) is 4.23. The highest BCUT2D eigenvalue weighted by Crippen LogP contribution is 2.32. The minimum absolute atomic E-state index is 0.152. The van der Waals surface area contributed by atoms with Crippen LogP contribution in [0.4, 0.5) is 15.8 Å². The third-order valence-electron chi connectivity index (χ3n) is 3.85. The van der Waals surface area contributed by atoms with Gasteiger partial charge in [-0.1, -0.05) is 42.2 Å². The summed E-state index contributed by atoms with van der Waals surface area (Å²) >= 11 is 6.58. The molecule has 0 saturated carbocycles. The summed E-state index contributed by atoms with van der Waals surface area (Å²) < 4.78 is 13.7. The molecular weight excluding hydrogens is 369 g/mol. The molecule has 0 atom stereocenters. The average molecular weight is 388 g/mol. The van der Waals surface area contributed by atoms with E-state index in [4.69, 9.17) is 12.2 Å². The number of nitrogens with one attached hydrogen (secondary N) is 1. The summed E-state index contributed by atoms with van der Waals surface area (Å²) in [6.45, 7) is 0.199. The Bertz CT molecular complexity index is 865. The van der Waals surface area contributed by atoms with E-state index >= 15 is 0 Å². The quantitative estimate of drug-likeness (QED) is 0.616. The van der Waals surface area contributed by atoms with Gasteiger partial charge < -0.3 is 10.2 Å². The molecule has 2 aromatic rings. The van der Waals surface area contributed by atoms with E-state index < -0.39 is 0 Å². The van der Waals surface area contributed by atoms with Crippen LogP contribution in [-0.2, 0) is 4.79 Å². The van der Waals surface area contributed by atoms with E-state index in [1.165, 1.54) is 28.8 Å². The van der Waals surface area contributed by atoms with Gasteiger partial charge >= 0.3 is 0 Å². The van der Waals surface area contributed by atoms with E-state index in [0.29, 0.717) is 14.9 Å². The molecule has 3 rings (SSSR count). The number of carbonyl (C=O) groups excluding carboxylic acids is 1. The molecule has 0 unspecified atom stereocenters. The lowest BCUT2D eigenvalue weighted by molar-refractivity contribution is -0.121. The number of rotatable bonds is 5. The molecule has 0 aliphatic carbocycles. The lowest BCUT2D eigenvalue weighted by atomic mass is 10.2. The van der Waals surface area contributed by atoms with Crippen molar-refractivity contribution < 1.29 is 9.18 Å². The first-order valence-electron chi connectivity index (χ1n) is 7.96. The second-order valence-electron chi connectivity index (χ2n) is 5.94. The Balaban J connectivity index is 1.69. The fourth-order valence-electron chi connectivity index (χ4n) is 2.43. The van der Waals surface area contributed by atoms with Crippen molar-refractivity contribution in [3.8, 4) is 0 Å². The van der Waals surface area contributed by atoms with Crippen LogP contribution in [0.25, 0.3) is 6.08 Å². The van der Waals surface area contributed by atoms with Crippen molar-refractivity contribution in [2.75, 3.05) is 31.0 Å². The highest BCUT2D eigenvalue weighted by molar-refractivity contribution is 8.26. The van der Waals surface area contributed by atoms with Crippen molar-refractivity contribution in [1.29, 1.82) is 0 Å². The van der Waals surface area contributed by atoms with Crippen molar-refractivity contribution in [1.82, 2.24) is 4.90 Å². The van der Waals surface area contributed by atoms with E-state index in [2.05, 4.69) is 5.32 Å². The smallest absolute Gasteiger partial charge is 0.267 e. The van der Waals surface area contributed by atoms with Gasteiger partial charge in [-0.3, -0.25) is 9.69 Å². The minimum atomic E-state index is -0.332. The number of nitrogens with zero attached hydrogens (tertiary/aromatic N) is 2. The summed E-state index contributed by atoms with van der Waals surface area (Å²) in [5.74, 6) is -0.484. The number of carbonyl (C=O) groups is 1. The standard InChI is InChI=1S/C19H18FN3OS2/c1-22(2)16-8-6-13(7-9-16)10-17-18(24)23(19(25)26-17)12-21-15-5-3-4-14(20)11-15/h3-11,21H,12H2,1-2H3/b17-10+. The highest BCUT2D eigenvalue weighted by atomic mass is 32.2. The zero-order valence-electron chi connectivity index (χ0n) is 14.4. The van der Waals surface area contributed by atoms with Crippen LogP contribution in [0.15, 0.2) is 53.4 Å². The van der Waals surface area contributed by atoms with Gasteiger partial charge in [0.05, 0.1) is 11.6 Å². The number of anilines is 2. The molecule has 26 heavy (non-hydrogen) atoms. The van der Waals surface area contributed by atoms with E-state index in [9.17, 15) is 9.18 Å². The lowest BCUT2D eigenvalue weighted by Gasteiger charge is -2.16. The summed E-state index contributed by atoms with van der Waals surface area (Å²) in [5, 5.41) is 3.02. The number of halogens is 1. The van der Waals surface area contributed by atoms with Gasteiger partial charge in [0.2, 0.25) is 0 Å². The van der Waals surface area contributed by atoms with E-state index in [-0.39, 0.29) is 18.4 Å². The fourth-order valence-corrected chi connectivity index (χ4v) is 3.68. The van der Waals surface area contributed by atoms with E-state index in [1.54, 1.807) is 12.1 Å². The van der Waals surface area contributed by atoms with Crippen LogP contribution in [0.1, 0.15) is 5.56 Å². The molecule has 1 aliphatic heterocycles. The predicted molar refractivity (Wildman–Crippen MR) is 111 cm³/mol. The van der Waals surface area contributed by atoms with Crippen LogP contribution in [0.2, 0.25) is 0 Å². The van der Waals surface area contributed by atoms with Gasteiger partial charge in [-0.05, 0) is 42.0 Å². The minimum Gasteiger partial charge on any atom is -0.378 e. The third-order valence-corrected chi connectivity index (χ3v) is 5.22. The molecule has 2 aromatic carbocycles. The first-order chi connectivity index (χ1) is 12.4. The highest BCUT2D eigenvalue weighted by Gasteiger charge is 2.31. The largest absolute Gasteiger partial charge is 0.378 e. The van der Waals surface area contributed by atoms with Gasteiger partial charge in [0.25, 0.3) is 5.91 Å². The van der Waals surface area contributed by atoms with Crippen molar-refractivity contribution >= 4 is 51.7 Å². The molecule has 0 spiro atoms. The van der Waals surface area contributed by atoms with Crippen LogP contribution in [0, 0.1) is 5.82 Å². The van der Waals surface area contributed by atoms with Crippen LogP contribution >= 0.6 is 24.0 Å². The second kappa shape index (κ2) is 7.88. The van der Waals surface area contributed by atoms with Crippen molar-refractivity contribution in [3.63, 3.8) is 0 Å². The van der Waals surface area contributed by atoms with Gasteiger partial charge in [-0.2, -0.15) is 0 Å². The summed E-state index contributed by atoms with van der Waals surface area (Å²) in [4.78, 5) is 16.7. The molecule has 1 amide bonds. The maximum atomic E-state index is 13.2.